The van der Waals surface area contributed by atoms with Gasteiger partial charge in [0.2, 0.25) is 5.91 Å². The molecular weight excluding hydrogens is 224 g/mol. The first-order valence-corrected chi connectivity index (χ1v) is 6.59. The molecular formula is C11H16N2O2S. The third-order valence-electron chi connectivity index (χ3n) is 2.50. The number of thioether (sulfide) groups is 1. The molecule has 1 atom stereocenters. The lowest BCUT2D eigenvalue weighted by Gasteiger charge is -2.22. The Labute approximate surface area is 99.2 Å². The Balaban J connectivity index is 1.67. The van der Waals surface area contributed by atoms with E-state index in [0.717, 1.165) is 23.6 Å². The van der Waals surface area contributed by atoms with Gasteiger partial charge in [-0.3, -0.25) is 4.79 Å². The number of furan rings is 1. The Bertz CT molecular complexity index is 321. The number of rotatable bonds is 4. The van der Waals surface area contributed by atoms with E-state index in [0.29, 0.717) is 19.0 Å². The molecule has 1 aliphatic rings. The van der Waals surface area contributed by atoms with E-state index < -0.39 is 0 Å². The van der Waals surface area contributed by atoms with E-state index in [1.54, 1.807) is 12.5 Å². The molecule has 1 fully saturated rings. The minimum atomic E-state index is 0.0983. The summed E-state index contributed by atoms with van der Waals surface area (Å²) < 4.78 is 4.93. The number of amides is 1. The van der Waals surface area contributed by atoms with Crippen molar-refractivity contribution in [1.29, 1.82) is 0 Å². The van der Waals surface area contributed by atoms with Crippen molar-refractivity contribution in [2.75, 3.05) is 18.1 Å². The zero-order valence-corrected chi connectivity index (χ0v) is 9.89. The molecule has 88 valence electrons. The van der Waals surface area contributed by atoms with Crippen LogP contribution in [0.4, 0.5) is 0 Å². The maximum Gasteiger partial charge on any atom is 0.221 e. The van der Waals surface area contributed by atoms with Crippen molar-refractivity contribution in [3.05, 3.63) is 24.2 Å². The Hall–Kier alpha value is -0.940. The van der Waals surface area contributed by atoms with Gasteiger partial charge in [0, 0.05) is 42.6 Å². The van der Waals surface area contributed by atoms with Crippen LogP contribution >= 0.6 is 11.8 Å². The molecule has 0 radical (unpaired) electrons. The second-order valence-corrected chi connectivity index (χ2v) is 4.99. The van der Waals surface area contributed by atoms with Gasteiger partial charge in [-0.25, -0.2) is 0 Å². The van der Waals surface area contributed by atoms with Crippen LogP contribution in [0.2, 0.25) is 0 Å². The Morgan fingerprint density at radius 3 is 3.31 bits per heavy atom. The largest absolute Gasteiger partial charge is 0.472 e. The Morgan fingerprint density at radius 1 is 1.69 bits per heavy atom. The molecule has 5 heteroatoms. The van der Waals surface area contributed by atoms with Crippen molar-refractivity contribution in [2.45, 2.75) is 19.0 Å². The average Bonchev–Trinajstić information content (AvgIpc) is 2.81. The fraction of sp³-hybridized carbons (Fsp3) is 0.545. The molecule has 0 bridgehead atoms. The lowest BCUT2D eigenvalue weighted by atomic mass is 10.2. The number of hydrogen-bond acceptors (Lipinski definition) is 4. The molecule has 16 heavy (non-hydrogen) atoms. The van der Waals surface area contributed by atoms with E-state index in [-0.39, 0.29) is 5.91 Å². The molecule has 1 aromatic heterocycles. The van der Waals surface area contributed by atoms with E-state index in [2.05, 4.69) is 10.6 Å². The summed E-state index contributed by atoms with van der Waals surface area (Å²) in [6.07, 6.45) is 3.82. The summed E-state index contributed by atoms with van der Waals surface area (Å²) in [6.45, 7) is 1.56. The molecule has 0 aromatic carbocycles. The molecule has 2 rings (SSSR count). The molecule has 0 saturated carbocycles. The van der Waals surface area contributed by atoms with Crippen molar-refractivity contribution in [3.63, 3.8) is 0 Å². The Kier molecular flexibility index (Phi) is 4.30. The second-order valence-electron chi connectivity index (χ2n) is 3.84. The first-order valence-electron chi connectivity index (χ1n) is 5.43. The van der Waals surface area contributed by atoms with Gasteiger partial charge in [-0.2, -0.15) is 11.8 Å². The molecule has 0 spiro atoms. The van der Waals surface area contributed by atoms with Crippen LogP contribution in [-0.2, 0) is 11.3 Å². The molecule has 1 amide bonds. The first kappa shape index (κ1) is 11.5. The van der Waals surface area contributed by atoms with Crippen LogP contribution in [0.5, 0.6) is 0 Å². The van der Waals surface area contributed by atoms with Gasteiger partial charge in [0.1, 0.15) is 0 Å². The number of carbonyl (C=O) groups excluding carboxylic acids is 1. The van der Waals surface area contributed by atoms with Crippen LogP contribution in [0.25, 0.3) is 0 Å². The van der Waals surface area contributed by atoms with Gasteiger partial charge in [-0.15, -0.1) is 0 Å². The standard InChI is InChI=1S/C11H16N2O2S/c14-11(5-10-8-16-4-2-12-10)13-6-9-1-3-15-7-9/h1,3,7,10,12H,2,4-6,8H2,(H,13,14). The molecule has 1 aromatic rings. The van der Waals surface area contributed by atoms with Crippen LogP contribution in [0.3, 0.4) is 0 Å². The van der Waals surface area contributed by atoms with Gasteiger partial charge in [0.05, 0.1) is 12.5 Å². The molecule has 1 aliphatic heterocycles. The van der Waals surface area contributed by atoms with E-state index in [4.69, 9.17) is 4.42 Å². The highest BCUT2D eigenvalue weighted by Crippen LogP contribution is 2.10. The van der Waals surface area contributed by atoms with Gasteiger partial charge >= 0.3 is 0 Å². The average molecular weight is 240 g/mol. The fourth-order valence-corrected chi connectivity index (χ4v) is 2.59. The third kappa shape index (κ3) is 3.57. The number of nitrogens with one attached hydrogen (secondary N) is 2. The van der Waals surface area contributed by atoms with Crippen LogP contribution in [0.15, 0.2) is 23.0 Å². The third-order valence-corrected chi connectivity index (χ3v) is 3.63. The maximum atomic E-state index is 11.6. The van der Waals surface area contributed by atoms with E-state index in [1.807, 2.05) is 17.8 Å². The first-order chi connectivity index (χ1) is 7.84. The topological polar surface area (TPSA) is 54.3 Å². The lowest BCUT2D eigenvalue weighted by Crippen LogP contribution is -2.41. The maximum absolute atomic E-state index is 11.6. The number of hydrogen-bond donors (Lipinski definition) is 2. The highest BCUT2D eigenvalue weighted by atomic mass is 32.2. The van der Waals surface area contributed by atoms with E-state index in [1.165, 1.54) is 0 Å². The zero-order chi connectivity index (χ0) is 11.2. The van der Waals surface area contributed by atoms with Gasteiger partial charge in [-0.05, 0) is 6.07 Å². The normalized spacial score (nSPS) is 20.6. The van der Waals surface area contributed by atoms with Gasteiger partial charge in [-0.1, -0.05) is 0 Å². The molecule has 4 nitrogen and oxygen atoms in total. The van der Waals surface area contributed by atoms with Crippen LogP contribution in [0.1, 0.15) is 12.0 Å². The van der Waals surface area contributed by atoms with Gasteiger partial charge in [0.25, 0.3) is 0 Å². The second kappa shape index (κ2) is 5.96. The van der Waals surface area contributed by atoms with E-state index >= 15 is 0 Å². The fourth-order valence-electron chi connectivity index (χ4n) is 1.64. The predicted octanol–water partition coefficient (Wildman–Crippen LogP) is 0.991. The summed E-state index contributed by atoms with van der Waals surface area (Å²) in [5.74, 6) is 2.27. The summed E-state index contributed by atoms with van der Waals surface area (Å²) in [5.41, 5.74) is 0.999. The highest BCUT2D eigenvalue weighted by molar-refractivity contribution is 7.99. The van der Waals surface area contributed by atoms with Crippen molar-refractivity contribution in [1.82, 2.24) is 10.6 Å². The highest BCUT2D eigenvalue weighted by Gasteiger charge is 2.16. The molecule has 2 heterocycles. The molecule has 0 aliphatic carbocycles. The molecule has 2 N–H and O–H groups in total. The van der Waals surface area contributed by atoms with Crippen molar-refractivity contribution >= 4 is 17.7 Å². The van der Waals surface area contributed by atoms with Crippen molar-refractivity contribution in [3.8, 4) is 0 Å². The SMILES string of the molecule is O=C(CC1CSCCN1)NCc1ccoc1. The minimum Gasteiger partial charge on any atom is -0.472 e. The lowest BCUT2D eigenvalue weighted by molar-refractivity contribution is -0.121. The van der Waals surface area contributed by atoms with Gasteiger partial charge in [0.15, 0.2) is 0 Å². The Morgan fingerprint density at radius 2 is 2.62 bits per heavy atom. The number of carbonyl (C=O) groups is 1. The summed E-state index contributed by atoms with van der Waals surface area (Å²) in [4.78, 5) is 11.6. The zero-order valence-electron chi connectivity index (χ0n) is 9.07. The minimum absolute atomic E-state index is 0.0983. The molecule has 1 unspecified atom stereocenters. The molecule has 1 saturated heterocycles. The van der Waals surface area contributed by atoms with E-state index in [9.17, 15) is 4.79 Å². The summed E-state index contributed by atoms with van der Waals surface area (Å²) in [5, 5.41) is 6.23. The smallest absolute Gasteiger partial charge is 0.221 e. The van der Waals surface area contributed by atoms with Crippen molar-refractivity contribution < 1.29 is 9.21 Å². The quantitative estimate of drug-likeness (QED) is 0.824. The van der Waals surface area contributed by atoms with Crippen molar-refractivity contribution in [2.24, 2.45) is 0 Å². The van der Waals surface area contributed by atoms with Crippen LogP contribution in [0, 0.1) is 0 Å². The summed E-state index contributed by atoms with van der Waals surface area (Å²) in [6, 6.07) is 2.18. The van der Waals surface area contributed by atoms with Gasteiger partial charge < -0.3 is 15.1 Å². The van der Waals surface area contributed by atoms with Crippen LogP contribution in [-0.4, -0.2) is 30.0 Å². The monoisotopic (exact) mass is 240 g/mol. The van der Waals surface area contributed by atoms with Crippen LogP contribution < -0.4 is 10.6 Å². The predicted molar refractivity (Wildman–Crippen MR) is 64.3 cm³/mol. The summed E-state index contributed by atoms with van der Waals surface area (Å²) >= 11 is 1.90. The summed E-state index contributed by atoms with van der Waals surface area (Å²) in [7, 11) is 0.